The monoisotopic (exact) mass is 528 g/mol. The molecule has 0 N–H and O–H groups in total. The Labute approximate surface area is 155 Å². The minimum absolute atomic E-state index is 0. The Hall–Kier alpha value is 0.310. The summed E-state index contributed by atoms with van der Waals surface area (Å²) in [6.45, 7) is 12.1. The normalized spacial score (nSPS) is 32.4. The first-order valence-electron chi connectivity index (χ1n) is 8.44. The predicted octanol–water partition coefficient (Wildman–Crippen LogP) is 3.25. The molecule has 3 unspecified atom stereocenters. The molecule has 0 aromatic rings. The van der Waals surface area contributed by atoms with E-state index in [9.17, 15) is 0 Å². The molecule has 3 atom stereocenters. The minimum atomic E-state index is -1.76. The van der Waals surface area contributed by atoms with Gasteiger partial charge in [-0.3, -0.25) is 0 Å². The van der Waals surface area contributed by atoms with Gasteiger partial charge in [-0.1, -0.05) is 0 Å². The summed E-state index contributed by atoms with van der Waals surface area (Å²) in [6.07, 6.45) is 12.5. The van der Waals surface area contributed by atoms with Gasteiger partial charge in [0.05, 0.1) is 0 Å². The summed E-state index contributed by atoms with van der Waals surface area (Å²) in [7, 11) is 0. The van der Waals surface area contributed by atoms with Crippen molar-refractivity contribution in [3.8, 4) is 0 Å². The third-order valence-corrected chi connectivity index (χ3v) is 19.4. The van der Waals surface area contributed by atoms with Crippen LogP contribution in [0.15, 0.2) is 44.4 Å². The summed E-state index contributed by atoms with van der Waals surface area (Å²) in [5, 5.41) is 0. The van der Waals surface area contributed by atoms with Crippen molar-refractivity contribution in [2.45, 2.75) is 55.8 Å². The van der Waals surface area contributed by atoms with Gasteiger partial charge in [-0.15, -0.1) is 0 Å². The van der Waals surface area contributed by atoms with Gasteiger partial charge in [0.1, 0.15) is 0 Å². The average Bonchev–Trinajstić information content (AvgIpc) is 2.94. The van der Waals surface area contributed by atoms with E-state index in [1.54, 1.807) is 16.7 Å². The molecular formula is C20H29BrHf. The first kappa shape index (κ1) is 18.6. The number of hydrogen-bond acceptors (Lipinski definition) is 0. The molecule has 0 aromatic heterocycles. The van der Waals surface area contributed by atoms with E-state index in [2.05, 4.69) is 63.6 Å². The van der Waals surface area contributed by atoms with Crippen LogP contribution in [0.25, 0.3) is 0 Å². The standard InChI is InChI=1S/C10H15.C9H11.CH3.BrH.Hf/c1-7-6-10(4,5)9(3)8(7)2;1-2-5-9-7-3-6-8(9)4-1;;;/h1-5H3;1-2,4-6,8-9H,3,7H2;1H3;1H;/q;;;;+1/p-1. The molecule has 3 aliphatic carbocycles. The quantitative estimate of drug-likeness (QED) is 0.484. The number of allylic oxidation sites excluding steroid dienone is 8. The van der Waals surface area contributed by atoms with Gasteiger partial charge in [-0.25, -0.2) is 0 Å². The van der Waals surface area contributed by atoms with E-state index in [0.717, 1.165) is 15.5 Å². The van der Waals surface area contributed by atoms with E-state index in [1.807, 2.05) is 3.33 Å². The van der Waals surface area contributed by atoms with Crippen molar-refractivity contribution >= 4 is 0 Å². The number of hydrogen-bond donors (Lipinski definition) is 0. The van der Waals surface area contributed by atoms with Gasteiger partial charge in [0.2, 0.25) is 0 Å². The van der Waals surface area contributed by atoms with Crippen LogP contribution in [0.3, 0.4) is 0 Å². The van der Waals surface area contributed by atoms with Crippen molar-refractivity contribution in [2.24, 2.45) is 17.3 Å². The maximum Gasteiger partial charge on any atom is -1.00 e. The molecule has 2 heteroatoms. The summed E-state index contributed by atoms with van der Waals surface area (Å²) < 4.78 is 5.66. The van der Waals surface area contributed by atoms with Crippen molar-refractivity contribution < 1.29 is 38.4 Å². The molecular weight excluding hydrogens is 499 g/mol. The Morgan fingerprint density at radius 2 is 1.64 bits per heavy atom. The van der Waals surface area contributed by atoms with Crippen molar-refractivity contribution in [2.75, 3.05) is 0 Å². The molecule has 0 spiro atoms. The van der Waals surface area contributed by atoms with E-state index >= 15 is 0 Å². The van der Waals surface area contributed by atoms with Gasteiger partial charge in [0, 0.05) is 0 Å². The molecule has 1 fully saturated rings. The van der Waals surface area contributed by atoms with Crippen LogP contribution in [-0.4, -0.2) is 0 Å². The van der Waals surface area contributed by atoms with Crippen molar-refractivity contribution in [3.63, 3.8) is 0 Å². The van der Waals surface area contributed by atoms with E-state index in [0.29, 0.717) is 5.41 Å². The summed E-state index contributed by atoms with van der Waals surface area (Å²) >= 11 is -1.76. The SMILES string of the molecule is CC1=C(C)C(C)(C)[C]([Hf+]([CH3])[CH]2CCC3C=CC=CC32)=C1C.[Br-]. The fourth-order valence-corrected chi connectivity index (χ4v) is 18.9. The van der Waals surface area contributed by atoms with E-state index in [-0.39, 0.29) is 17.0 Å². The summed E-state index contributed by atoms with van der Waals surface area (Å²) in [4.78, 5) is 0. The zero-order chi connectivity index (χ0) is 15.4. The first-order chi connectivity index (χ1) is 9.85. The van der Waals surface area contributed by atoms with Crippen LogP contribution in [0.2, 0.25) is 8.35 Å². The zero-order valence-electron chi connectivity index (χ0n) is 14.8. The Kier molecular flexibility index (Phi) is 5.65. The molecule has 3 rings (SSSR count). The zero-order valence-corrected chi connectivity index (χ0v) is 20.0. The second-order valence-corrected chi connectivity index (χ2v) is 17.1. The topological polar surface area (TPSA) is 0 Å². The second kappa shape index (κ2) is 6.67. The molecule has 0 aromatic carbocycles. The summed E-state index contributed by atoms with van der Waals surface area (Å²) in [5.41, 5.74) is 5.24. The molecule has 0 radical (unpaired) electrons. The van der Waals surface area contributed by atoms with Gasteiger partial charge < -0.3 is 17.0 Å². The predicted molar refractivity (Wildman–Crippen MR) is 89.0 cm³/mol. The maximum absolute atomic E-state index is 2.70. The Morgan fingerprint density at radius 1 is 1.00 bits per heavy atom. The van der Waals surface area contributed by atoms with Crippen LogP contribution in [0.5, 0.6) is 0 Å². The maximum atomic E-state index is 2.70. The number of fused-ring (bicyclic) bond motifs is 1. The third kappa shape index (κ3) is 2.77. The summed E-state index contributed by atoms with van der Waals surface area (Å²) in [5.74, 6) is 1.71. The first-order valence-corrected chi connectivity index (χ1v) is 15.9. The second-order valence-electron chi connectivity index (χ2n) is 7.75. The molecule has 0 amide bonds. The van der Waals surface area contributed by atoms with Gasteiger partial charge >= 0.3 is 139 Å². The molecule has 120 valence electrons. The van der Waals surface area contributed by atoms with Gasteiger partial charge in [0.25, 0.3) is 0 Å². The molecule has 0 bridgehead atoms. The molecule has 0 aliphatic heterocycles. The molecule has 0 heterocycles. The van der Waals surface area contributed by atoms with E-state index < -0.39 is 21.4 Å². The van der Waals surface area contributed by atoms with E-state index in [4.69, 9.17) is 0 Å². The fourth-order valence-electron chi connectivity index (χ4n) is 5.03. The Morgan fingerprint density at radius 3 is 2.23 bits per heavy atom. The minimum Gasteiger partial charge on any atom is -1.00 e. The van der Waals surface area contributed by atoms with Crippen molar-refractivity contribution in [1.29, 1.82) is 0 Å². The molecule has 0 nitrogen and oxygen atoms in total. The fraction of sp³-hybridized carbons (Fsp3) is 0.600. The van der Waals surface area contributed by atoms with Crippen molar-refractivity contribution in [3.05, 3.63) is 44.4 Å². The summed E-state index contributed by atoms with van der Waals surface area (Å²) in [6, 6.07) is 0. The Balaban J connectivity index is 0.00000176. The third-order valence-electron chi connectivity index (χ3n) is 6.59. The van der Waals surface area contributed by atoms with Gasteiger partial charge in [0.15, 0.2) is 0 Å². The Bertz CT molecular complexity index is 577. The van der Waals surface area contributed by atoms with Crippen LogP contribution >= 0.6 is 0 Å². The molecule has 0 saturated heterocycles. The van der Waals surface area contributed by atoms with Crippen LogP contribution in [0, 0.1) is 17.3 Å². The van der Waals surface area contributed by atoms with Crippen LogP contribution in [-0.2, 0) is 21.4 Å². The number of rotatable bonds is 2. The average molecular weight is 528 g/mol. The molecule has 22 heavy (non-hydrogen) atoms. The smallest absolute Gasteiger partial charge is 1.00 e. The number of halogens is 1. The molecule has 1 saturated carbocycles. The van der Waals surface area contributed by atoms with Crippen LogP contribution in [0.4, 0.5) is 0 Å². The van der Waals surface area contributed by atoms with Gasteiger partial charge in [-0.05, 0) is 0 Å². The van der Waals surface area contributed by atoms with Crippen LogP contribution in [0.1, 0.15) is 47.5 Å². The van der Waals surface area contributed by atoms with Gasteiger partial charge in [-0.2, -0.15) is 0 Å². The molecule has 3 aliphatic rings. The van der Waals surface area contributed by atoms with E-state index in [1.165, 1.54) is 12.8 Å². The largest absolute Gasteiger partial charge is 1.00 e. The van der Waals surface area contributed by atoms with Crippen LogP contribution < -0.4 is 17.0 Å². The van der Waals surface area contributed by atoms with Crippen molar-refractivity contribution in [1.82, 2.24) is 0 Å².